The predicted molar refractivity (Wildman–Crippen MR) is 103 cm³/mol. The summed E-state index contributed by atoms with van der Waals surface area (Å²) >= 11 is 3.29. The molecule has 3 rings (SSSR count). The number of hydrogen-bond acceptors (Lipinski definition) is 5. The normalized spacial score (nSPS) is 10.7. The minimum Gasteiger partial charge on any atom is -0.484 e. The summed E-state index contributed by atoms with van der Waals surface area (Å²) in [6.07, 6.45) is 0. The molecule has 0 saturated heterocycles. The summed E-state index contributed by atoms with van der Waals surface area (Å²) in [5, 5.41) is 5.95. The fraction of sp³-hybridized carbons (Fsp3) is 0.263. The molecule has 0 bridgehead atoms. The van der Waals surface area contributed by atoms with Gasteiger partial charge in [0.1, 0.15) is 10.8 Å². The van der Waals surface area contributed by atoms with Gasteiger partial charge in [0.2, 0.25) is 0 Å². The van der Waals surface area contributed by atoms with Crippen molar-refractivity contribution in [3.63, 3.8) is 0 Å². The van der Waals surface area contributed by atoms with Crippen molar-refractivity contribution in [3.8, 4) is 15.6 Å². The first-order chi connectivity index (χ1) is 12.0. The minimum atomic E-state index is -0.135. The number of amides is 1. The first-order valence-corrected chi connectivity index (χ1v) is 9.69. The second-order valence-electron chi connectivity index (χ2n) is 5.89. The van der Waals surface area contributed by atoms with Gasteiger partial charge in [-0.05, 0) is 55.5 Å². The highest BCUT2D eigenvalue weighted by atomic mass is 32.1. The molecule has 3 aromatic rings. The molecule has 4 nitrogen and oxygen atoms in total. The molecule has 2 heterocycles. The van der Waals surface area contributed by atoms with E-state index in [1.807, 2.05) is 44.4 Å². The summed E-state index contributed by atoms with van der Waals surface area (Å²) in [5.74, 6) is 0.589. The van der Waals surface area contributed by atoms with E-state index in [0.29, 0.717) is 6.54 Å². The highest BCUT2D eigenvalue weighted by Crippen LogP contribution is 2.30. The lowest BCUT2D eigenvalue weighted by Gasteiger charge is -2.08. The molecular formula is C19H20N2O2S2. The van der Waals surface area contributed by atoms with Crippen LogP contribution in [0.2, 0.25) is 0 Å². The number of thiophene rings is 1. The third-order valence-corrected chi connectivity index (χ3v) is 5.83. The van der Waals surface area contributed by atoms with E-state index in [9.17, 15) is 4.79 Å². The van der Waals surface area contributed by atoms with Crippen LogP contribution in [-0.2, 0) is 11.3 Å². The Hall–Kier alpha value is -2.18. The second kappa shape index (κ2) is 7.80. The Bertz CT molecular complexity index is 849. The standard InChI is InChI=1S/C19H20N2O2S2/c1-12-7-13(2)9-15(8-12)23-11-18(22)20-10-17-14(3)21-19(25-17)16-5-4-6-24-16/h4-9H,10-11H2,1-3H3,(H,20,22). The molecule has 1 aromatic carbocycles. The van der Waals surface area contributed by atoms with Gasteiger partial charge in [0.25, 0.3) is 5.91 Å². The number of hydrogen-bond donors (Lipinski definition) is 1. The molecule has 0 spiro atoms. The van der Waals surface area contributed by atoms with Crippen LogP contribution in [0.15, 0.2) is 35.7 Å². The van der Waals surface area contributed by atoms with Gasteiger partial charge in [-0.25, -0.2) is 4.98 Å². The van der Waals surface area contributed by atoms with Crippen molar-refractivity contribution >= 4 is 28.6 Å². The van der Waals surface area contributed by atoms with Gasteiger partial charge in [-0.15, -0.1) is 22.7 Å². The summed E-state index contributed by atoms with van der Waals surface area (Å²) in [6, 6.07) is 10.0. The van der Waals surface area contributed by atoms with E-state index in [-0.39, 0.29) is 12.5 Å². The van der Waals surface area contributed by atoms with Gasteiger partial charge >= 0.3 is 0 Å². The molecule has 0 saturated carbocycles. The monoisotopic (exact) mass is 372 g/mol. The van der Waals surface area contributed by atoms with Gasteiger partial charge in [-0.1, -0.05) is 12.1 Å². The molecule has 0 aliphatic carbocycles. The molecule has 0 fully saturated rings. The van der Waals surface area contributed by atoms with Gasteiger partial charge in [-0.2, -0.15) is 0 Å². The molecule has 130 valence electrons. The molecule has 2 aromatic heterocycles. The lowest BCUT2D eigenvalue weighted by Crippen LogP contribution is -2.28. The molecule has 0 unspecified atom stereocenters. The Balaban J connectivity index is 1.54. The third-order valence-electron chi connectivity index (χ3n) is 3.64. The number of ether oxygens (including phenoxy) is 1. The number of nitrogens with zero attached hydrogens (tertiary/aromatic N) is 1. The zero-order chi connectivity index (χ0) is 17.8. The summed E-state index contributed by atoms with van der Waals surface area (Å²) in [7, 11) is 0. The zero-order valence-corrected chi connectivity index (χ0v) is 16.1. The number of nitrogens with one attached hydrogen (secondary N) is 1. The zero-order valence-electron chi connectivity index (χ0n) is 14.5. The number of carbonyl (C=O) groups is 1. The molecule has 0 aliphatic rings. The largest absolute Gasteiger partial charge is 0.484 e. The summed E-state index contributed by atoms with van der Waals surface area (Å²) in [4.78, 5) is 18.9. The Kier molecular flexibility index (Phi) is 5.50. The van der Waals surface area contributed by atoms with Crippen LogP contribution in [0.5, 0.6) is 5.75 Å². The van der Waals surface area contributed by atoms with Crippen LogP contribution in [0, 0.1) is 20.8 Å². The van der Waals surface area contributed by atoms with Crippen molar-refractivity contribution in [2.75, 3.05) is 6.61 Å². The van der Waals surface area contributed by atoms with Crippen LogP contribution in [-0.4, -0.2) is 17.5 Å². The fourth-order valence-electron chi connectivity index (χ4n) is 2.49. The Morgan fingerprint density at radius 3 is 2.64 bits per heavy atom. The fourth-order valence-corrected chi connectivity index (χ4v) is 4.29. The van der Waals surface area contributed by atoms with E-state index < -0.39 is 0 Å². The van der Waals surface area contributed by atoms with E-state index in [1.165, 1.54) is 0 Å². The molecule has 0 radical (unpaired) electrons. The number of carbonyl (C=O) groups excluding carboxylic acids is 1. The van der Waals surface area contributed by atoms with Gasteiger partial charge in [0.05, 0.1) is 17.1 Å². The van der Waals surface area contributed by atoms with E-state index in [1.54, 1.807) is 22.7 Å². The maximum absolute atomic E-state index is 12.1. The molecule has 0 atom stereocenters. The third kappa shape index (κ3) is 4.67. The van der Waals surface area contributed by atoms with Crippen LogP contribution in [0.3, 0.4) is 0 Å². The van der Waals surface area contributed by atoms with Gasteiger partial charge in [-0.3, -0.25) is 4.79 Å². The van der Waals surface area contributed by atoms with Crippen LogP contribution < -0.4 is 10.1 Å². The van der Waals surface area contributed by atoms with Crippen molar-refractivity contribution in [2.24, 2.45) is 0 Å². The molecular weight excluding hydrogens is 352 g/mol. The van der Waals surface area contributed by atoms with Crippen molar-refractivity contribution in [3.05, 3.63) is 57.4 Å². The number of benzene rings is 1. The smallest absolute Gasteiger partial charge is 0.258 e. The maximum Gasteiger partial charge on any atom is 0.258 e. The first-order valence-electron chi connectivity index (χ1n) is 7.99. The van der Waals surface area contributed by atoms with Crippen LogP contribution in [0.4, 0.5) is 0 Å². The first kappa shape index (κ1) is 17.6. The van der Waals surface area contributed by atoms with E-state index >= 15 is 0 Å². The number of aryl methyl sites for hydroxylation is 3. The maximum atomic E-state index is 12.1. The molecule has 0 aliphatic heterocycles. The predicted octanol–water partition coefficient (Wildman–Crippen LogP) is 4.49. The summed E-state index contributed by atoms with van der Waals surface area (Å²) in [6.45, 7) is 6.49. The highest BCUT2D eigenvalue weighted by molar-refractivity contribution is 7.21. The number of rotatable bonds is 6. The molecule has 1 N–H and O–H groups in total. The quantitative estimate of drug-likeness (QED) is 0.693. The van der Waals surface area contributed by atoms with Crippen molar-refractivity contribution in [1.29, 1.82) is 0 Å². The average molecular weight is 373 g/mol. The Labute approximate surface area is 155 Å². The second-order valence-corrected chi connectivity index (χ2v) is 7.93. The van der Waals surface area contributed by atoms with E-state index in [2.05, 4.69) is 22.4 Å². The Morgan fingerprint density at radius 2 is 1.96 bits per heavy atom. The topological polar surface area (TPSA) is 51.2 Å². The van der Waals surface area contributed by atoms with Gasteiger partial charge < -0.3 is 10.1 Å². The Morgan fingerprint density at radius 1 is 1.20 bits per heavy atom. The number of thiazole rings is 1. The van der Waals surface area contributed by atoms with E-state index in [4.69, 9.17) is 4.74 Å². The van der Waals surface area contributed by atoms with E-state index in [0.717, 1.165) is 37.3 Å². The van der Waals surface area contributed by atoms with Crippen molar-refractivity contribution in [1.82, 2.24) is 10.3 Å². The van der Waals surface area contributed by atoms with Gasteiger partial charge in [0.15, 0.2) is 6.61 Å². The molecule has 1 amide bonds. The average Bonchev–Trinajstić information content (AvgIpc) is 3.19. The van der Waals surface area contributed by atoms with Crippen LogP contribution in [0.25, 0.3) is 9.88 Å². The highest BCUT2D eigenvalue weighted by Gasteiger charge is 2.11. The van der Waals surface area contributed by atoms with Crippen molar-refractivity contribution < 1.29 is 9.53 Å². The lowest BCUT2D eigenvalue weighted by molar-refractivity contribution is -0.123. The summed E-state index contributed by atoms with van der Waals surface area (Å²) < 4.78 is 5.59. The number of aromatic nitrogens is 1. The van der Waals surface area contributed by atoms with Crippen LogP contribution >= 0.6 is 22.7 Å². The van der Waals surface area contributed by atoms with Crippen molar-refractivity contribution in [2.45, 2.75) is 27.3 Å². The van der Waals surface area contributed by atoms with Crippen LogP contribution in [0.1, 0.15) is 21.7 Å². The SMILES string of the molecule is Cc1cc(C)cc(OCC(=O)NCc2sc(-c3cccs3)nc2C)c1. The molecule has 25 heavy (non-hydrogen) atoms. The molecule has 6 heteroatoms. The minimum absolute atomic E-state index is 0.0124. The summed E-state index contributed by atoms with van der Waals surface area (Å²) in [5.41, 5.74) is 3.21. The van der Waals surface area contributed by atoms with Gasteiger partial charge in [0, 0.05) is 4.88 Å². The lowest BCUT2D eigenvalue weighted by atomic mass is 10.1.